The summed E-state index contributed by atoms with van der Waals surface area (Å²) in [6, 6.07) is 17.0. The van der Waals surface area contributed by atoms with Crippen molar-refractivity contribution in [1.29, 1.82) is 0 Å². The van der Waals surface area contributed by atoms with Crippen molar-refractivity contribution in [3.05, 3.63) is 54.6 Å². The molecule has 0 aliphatic heterocycles. The van der Waals surface area contributed by atoms with Crippen molar-refractivity contribution in [3.63, 3.8) is 0 Å². The smallest absolute Gasteiger partial charge is 0.185 e. The molecule has 2 aromatic rings. The maximum Gasteiger partial charge on any atom is 0.185 e. The van der Waals surface area contributed by atoms with E-state index in [4.69, 9.17) is 22.8 Å². The Morgan fingerprint density at radius 3 is 2.39 bits per heavy atom. The van der Waals surface area contributed by atoms with Crippen LogP contribution in [0.25, 0.3) is 0 Å². The van der Waals surface area contributed by atoms with Crippen LogP contribution in [-0.2, 0) is 0 Å². The van der Waals surface area contributed by atoms with Crippen molar-refractivity contribution in [2.75, 3.05) is 5.32 Å². The van der Waals surface area contributed by atoms with Gasteiger partial charge in [-0.05, 0) is 36.5 Å². The van der Waals surface area contributed by atoms with E-state index in [1.807, 2.05) is 54.6 Å². The summed E-state index contributed by atoms with van der Waals surface area (Å²) in [6.07, 6.45) is 0. The normalized spacial score (nSPS) is 9.61. The fourth-order valence-electron chi connectivity index (χ4n) is 1.43. The summed E-state index contributed by atoms with van der Waals surface area (Å²) in [5, 5.41) is 3.28. The van der Waals surface area contributed by atoms with E-state index in [2.05, 4.69) is 10.7 Å². The van der Waals surface area contributed by atoms with Crippen molar-refractivity contribution in [2.45, 2.75) is 0 Å². The minimum Gasteiger partial charge on any atom is -0.455 e. The predicted molar refractivity (Wildman–Crippen MR) is 76.5 cm³/mol. The van der Waals surface area contributed by atoms with Gasteiger partial charge in [0.15, 0.2) is 10.9 Å². The monoisotopic (exact) mass is 259 g/mol. The summed E-state index contributed by atoms with van der Waals surface area (Å²) in [6.45, 7) is 0. The summed E-state index contributed by atoms with van der Waals surface area (Å²) in [7, 11) is 0. The van der Waals surface area contributed by atoms with Crippen LogP contribution in [0.5, 0.6) is 11.5 Å². The number of hydrazine groups is 1. The van der Waals surface area contributed by atoms with Gasteiger partial charge >= 0.3 is 0 Å². The van der Waals surface area contributed by atoms with Gasteiger partial charge in [0.05, 0.1) is 5.69 Å². The van der Waals surface area contributed by atoms with Crippen LogP contribution in [0, 0.1) is 0 Å². The van der Waals surface area contributed by atoms with Crippen LogP contribution in [-0.4, -0.2) is 5.11 Å². The van der Waals surface area contributed by atoms with Crippen molar-refractivity contribution in [3.8, 4) is 11.5 Å². The van der Waals surface area contributed by atoms with E-state index in [1.165, 1.54) is 0 Å². The summed E-state index contributed by atoms with van der Waals surface area (Å²) in [5.74, 6) is 6.67. The number of hydrogen-bond donors (Lipinski definition) is 3. The standard InChI is InChI=1S/C13H13N3OS/c14-16-13(18)15-11-8-4-5-9-12(11)17-10-6-2-1-3-7-10/h1-9H,14H2,(H2,15,16,18). The van der Waals surface area contributed by atoms with Crippen LogP contribution in [0.2, 0.25) is 0 Å². The van der Waals surface area contributed by atoms with Crippen molar-refractivity contribution in [1.82, 2.24) is 5.43 Å². The number of ether oxygens (including phenoxy) is 1. The van der Waals surface area contributed by atoms with E-state index in [0.717, 1.165) is 11.4 Å². The van der Waals surface area contributed by atoms with Gasteiger partial charge in [0.1, 0.15) is 5.75 Å². The molecule has 2 aromatic carbocycles. The number of para-hydroxylation sites is 3. The van der Waals surface area contributed by atoms with E-state index in [-0.39, 0.29) is 0 Å². The molecule has 4 nitrogen and oxygen atoms in total. The van der Waals surface area contributed by atoms with E-state index >= 15 is 0 Å². The summed E-state index contributed by atoms with van der Waals surface area (Å²) in [5.41, 5.74) is 3.12. The maximum absolute atomic E-state index is 5.76. The Balaban J connectivity index is 2.20. The zero-order valence-corrected chi connectivity index (χ0v) is 10.4. The third-order valence-corrected chi connectivity index (χ3v) is 2.46. The summed E-state index contributed by atoms with van der Waals surface area (Å²) in [4.78, 5) is 0. The van der Waals surface area contributed by atoms with E-state index < -0.39 is 0 Å². The number of nitrogens with one attached hydrogen (secondary N) is 2. The van der Waals surface area contributed by atoms with Gasteiger partial charge in [-0.1, -0.05) is 30.3 Å². The Hall–Kier alpha value is -2.11. The molecule has 0 amide bonds. The number of nitrogens with two attached hydrogens (primary N) is 1. The topological polar surface area (TPSA) is 59.3 Å². The molecule has 0 fully saturated rings. The molecule has 5 heteroatoms. The molecule has 0 heterocycles. The van der Waals surface area contributed by atoms with Crippen LogP contribution >= 0.6 is 12.2 Å². The maximum atomic E-state index is 5.76. The van der Waals surface area contributed by atoms with Crippen LogP contribution in [0.3, 0.4) is 0 Å². The number of anilines is 1. The van der Waals surface area contributed by atoms with Crippen molar-refractivity contribution < 1.29 is 4.74 Å². The lowest BCUT2D eigenvalue weighted by molar-refractivity contribution is 0.485. The summed E-state index contributed by atoms with van der Waals surface area (Å²) >= 11 is 4.96. The largest absolute Gasteiger partial charge is 0.455 e. The second-order valence-corrected chi connectivity index (χ2v) is 3.92. The zero-order valence-electron chi connectivity index (χ0n) is 9.59. The highest BCUT2D eigenvalue weighted by atomic mass is 32.1. The molecule has 0 saturated carbocycles. The first-order valence-corrected chi connectivity index (χ1v) is 5.80. The van der Waals surface area contributed by atoms with Gasteiger partial charge in [0.25, 0.3) is 0 Å². The first-order valence-electron chi connectivity index (χ1n) is 5.39. The molecule has 0 unspecified atom stereocenters. The summed E-state index contributed by atoms with van der Waals surface area (Å²) < 4.78 is 5.76. The van der Waals surface area contributed by atoms with Gasteiger partial charge < -0.3 is 15.5 Å². The molecular weight excluding hydrogens is 246 g/mol. The molecular formula is C13H13N3OS. The Kier molecular flexibility index (Phi) is 4.11. The van der Waals surface area contributed by atoms with Gasteiger partial charge in [-0.2, -0.15) is 0 Å². The fraction of sp³-hybridized carbons (Fsp3) is 0. The van der Waals surface area contributed by atoms with E-state index in [9.17, 15) is 0 Å². The Morgan fingerprint density at radius 1 is 1.00 bits per heavy atom. The molecule has 4 N–H and O–H groups in total. The SMILES string of the molecule is NNC(=S)Nc1ccccc1Oc1ccccc1. The highest BCUT2D eigenvalue weighted by Gasteiger charge is 2.05. The number of hydrogen-bond acceptors (Lipinski definition) is 3. The van der Waals surface area contributed by atoms with Gasteiger partial charge in [-0.25, -0.2) is 5.84 Å². The molecule has 0 radical (unpaired) electrons. The van der Waals surface area contributed by atoms with Gasteiger partial charge in [0, 0.05) is 0 Å². The highest BCUT2D eigenvalue weighted by Crippen LogP contribution is 2.28. The lowest BCUT2D eigenvalue weighted by Gasteiger charge is -2.12. The molecule has 0 saturated heterocycles. The fourth-order valence-corrected chi connectivity index (χ4v) is 1.54. The second-order valence-electron chi connectivity index (χ2n) is 3.51. The number of thiocarbonyl (C=S) groups is 1. The Bertz CT molecular complexity index is 531. The van der Waals surface area contributed by atoms with E-state index in [1.54, 1.807) is 0 Å². The average molecular weight is 259 g/mol. The quantitative estimate of drug-likeness (QED) is 0.449. The highest BCUT2D eigenvalue weighted by molar-refractivity contribution is 7.80. The van der Waals surface area contributed by atoms with Crippen LogP contribution in [0.1, 0.15) is 0 Å². The third-order valence-electron chi connectivity index (χ3n) is 2.24. The molecule has 0 spiro atoms. The Morgan fingerprint density at radius 2 is 1.67 bits per heavy atom. The molecule has 0 aliphatic carbocycles. The first-order chi connectivity index (χ1) is 8.79. The van der Waals surface area contributed by atoms with Crippen LogP contribution < -0.4 is 21.3 Å². The molecule has 0 bridgehead atoms. The molecule has 0 atom stereocenters. The lowest BCUT2D eigenvalue weighted by Crippen LogP contribution is -2.34. The predicted octanol–water partition coefficient (Wildman–Crippen LogP) is 2.64. The van der Waals surface area contributed by atoms with E-state index in [0.29, 0.717) is 10.9 Å². The van der Waals surface area contributed by atoms with Crippen molar-refractivity contribution >= 4 is 23.0 Å². The average Bonchev–Trinajstić information content (AvgIpc) is 2.42. The molecule has 0 aliphatic rings. The molecule has 0 aromatic heterocycles. The van der Waals surface area contributed by atoms with Crippen LogP contribution in [0.15, 0.2) is 54.6 Å². The second kappa shape index (κ2) is 6.00. The molecule has 18 heavy (non-hydrogen) atoms. The third kappa shape index (κ3) is 3.19. The van der Waals surface area contributed by atoms with Crippen molar-refractivity contribution in [2.24, 2.45) is 5.84 Å². The first kappa shape index (κ1) is 12.3. The zero-order chi connectivity index (χ0) is 12.8. The minimum atomic E-state index is 0.333. The van der Waals surface area contributed by atoms with Crippen LogP contribution in [0.4, 0.5) is 5.69 Å². The molecule has 2 rings (SSSR count). The minimum absolute atomic E-state index is 0.333. The molecule has 92 valence electrons. The number of rotatable bonds is 3. The van der Waals surface area contributed by atoms with Gasteiger partial charge in [-0.3, -0.25) is 0 Å². The van der Waals surface area contributed by atoms with Gasteiger partial charge in [0.2, 0.25) is 0 Å². The van der Waals surface area contributed by atoms with Gasteiger partial charge in [-0.15, -0.1) is 0 Å². The lowest BCUT2D eigenvalue weighted by atomic mass is 10.3. The number of benzene rings is 2. The Labute approximate surface area is 111 Å².